The molecule has 0 unspecified atom stereocenters. The van der Waals surface area contributed by atoms with Crippen LogP contribution >= 0.6 is 0 Å². The van der Waals surface area contributed by atoms with Crippen molar-refractivity contribution in [2.45, 2.75) is 18.1 Å². The molecular weight excluding hydrogens is 228 g/mol. The van der Waals surface area contributed by atoms with Gasteiger partial charge in [0.05, 0.1) is 0 Å². The molecule has 0 N–H and O–H groups in total. The van der Waals surface area contributed by atoms with E-state index in [0.717, 1.165) is 5.57 Å². The molecule has 86 valence electrons. The predicted molar refractivity (Wildman–Crippen MR) is 58.9 cm³/mol. The minimum Gasteiger partial charge on any atom is -0.312 e. The second kappa shape index (κ2) is 3.71. The Balaban J connectivity index is 2.68. The number of fused-ring (bicyclic) bond motifs is 1. The molecule has 2 atom stereocenters. The highest BCUT2D eigenvalue weighted by Crippen LogP contribution is 2.51. The molecule has 0 aromatic heterocycles. The second-order valence-corrected chi connectivity index (χ2v) is 4.32. The summed E-state index contributed by atoms with van der Waals surface area (Å²) in [5.74, 6) is -1.19. The number of rotatable bonds is 0. The smallest absolute Gasteiger partial charge is 0.250 e. The largest absolute Gasteiger partial charge is 0.312 e. The molecule has 18 heavy (non-hydrogen) atoms. The molecule has 2 rings (SSSR count). The van der Waals surface area contributed by atoms with Crippen LogP contribution in [0.4, 0.5) is 0 Å². The third-order valence-corrected chi connectivity index (χ3v) is 3.42. The van der Waals surface area contributed by atoms with Gasteiger partial charge < -0.3 is 4.74 Å². The number of allylic oxidation sites excluding steroid dienone is 2. The highest BCUT2D eigenvalue weighted by atomic mass is 16.5. The third kappa shape index (κ3) is 1.20. The zero-order valence-corrected chi connectivity index (χ0v) is 9.58. The zero-order valence-electron chi connectivity index (χ0n) is 9.58. The van der Waals surface area contributed by atoms with Crippen molar-refractivity contribution in [3.8, 4) is 24.3 Å². The van der Waals surface area contributed by atoms with Gasteiger partial charge in [-0.15, -0.1) is 0 Å². The standard InChI is InChI=1S/C13H8N4O/c1-9-3-2-4-10-11(9)13(7-16,8-17)18-12(10,5-14)6-15/h2-4,10-11H,1H3/t10-,11+/m0/s1. The lowest BCUT2D eigenvalue weighted by Gasteiger charge is -2.25. The van der Waals surface area contributed by atoms with E-state index in [1.165, 1.54) is 0 Å². The molecule has 2 aliphatic rings. The van der Waals surface area contributed by atoms with Gasteiger partial charge >= 0.3 is 0 Å². The first-order valence-electron chi connectivity index (χ1n) is 5.29. The first-order chi connectivity index (χ1) is 8.59. The van der Waals surface area contributed by atoms with Crippen LogP contribution in [0.25, 0.3) is 0 Å². The predicted octanol–water partition coefficient (Wildman–Crippen LogP) is 1.34. The van der Waals surface area contributed by atoms with Gasteiger partial charge in [-0.25, -0.2) is 0 Å². The highest BCUT2D eigenvalue weighted by Gasteiger charge is 2.65. The van der Waals surface area contributed by atoms with Crippen molar-refractivity contribution in [1.29, 1.82) is 21.0 Å². The quantitative estimate of drug-likeness (QED) is 0.631. The van der Waals surface area contributed by atoms with Crippen molar-refractivity contribution in [2.24, 2.45) is 11.8 Å². The van der Waals surface area contributed by atoms with Crippen LogP contribution in [0.3, 0.4) is 0 Å². The van der Waals surface area contributed by atoms with E-state index in [1.54, 1.807) is 37.3 Å². The van der Waals surface area contributed by atoms with Crippen molar-refractivity contribution < 1.29 is 4.74 Å². The van der Waals surface area contributed by atoms with Gasteiger partial charge in [0.1, 0.15) is 24.3 Å². The lowest BCUT2D eigenvalue weighted by atomic mass is 9.71. The van der Waals surface area contributed by atoms with Crippen molar-refractivity contribution >= 4 is 0 Å². The Morgan fingerprint density at radius 2 is 1.61 bits per heavy atom. The minimum absolute atomic E-state index is 0.586. The molecule has 1 saturated heterocycles. The van der Waals surface area contributed by atoms with Crippen molar-refractivity contribution in [2.75, 3.05) is 0 Å². The Morgan fingerprint density at radius 3 is 2.11 bits per heavy atom. The molecule has 1 fully saturated rings. The highest BCUT2D eigenvalue weighted by molar-refractivity contribution is 5.44. The van der Waals surface area contributed by atoms with Crippen LogP contribution in [0.5, 0.6) is 0 Å². The number of hydrogen-bond acceptors (Lipinski definition) is 5. The molecule has 0 spiro atoms. The fourth-order valence-corrected chi connectivity index (χ4v) is 2.58. The maximum Gasteiger partial charge on any atom is 0.250 e. The van der Waals surface area contributed by atoms with Crippen LogP contribution in [0.1, 0.15) is 6.92 Å². The SMILES string of the molecule is CC1=CC=C[C@H]2[C@@H]1C(C#N)(C#N)OC2(C#N)C#N. The average Bonchev–Trinajstić information content (AvgIpc) is 2.72. The van der Waals surface area contributed by atoms with Crippen molar-refractivity contribution in [3.63, 3.8) is 0 Å². The normalized spacial score (nSPS) is 29.9. The topological polar surface area (TPSA) is 104 Å². The Hall–Kier alpha value is -2.60. The van der Waals surface area contributed by atoms with E-state index >= 15 is 0 Å². The molecule has 5 heteroatoms. The van der Waals surface area contributed by atoms with E-state index in [0.29, 0.717) is 0 Å². The van der Waals surface area contributed by atoms with Gasteiger partial charge in [-0.2, -0.15) is 21.0 Å². The lowest BCUT2D eigenvalue weighted by Crippen LogP contribution is -2.35. The van der Waals surface area contributed by atoms with Crippen LogP contribution in [0, 0.1) is 57.2 Å². The van der Waals surface area contributed by atoms with Gasteiger partial charge in [0, 0.05) is 11.8 Å². The first-order valence-corrected chi connectivity index (χ1v) is 5.29. The molecule has 0 bridgehead atoms. The molecule has 1 aliphatic carbocycles. The summed E-state index contributed by atoms with van der Waals surface area (Å²) in [4.78, 5) is 0. The molecule has 0 amide bonds. The Kier molecular flexibility index (Phi) is 2.45. The summed E-state index contributed by atoms with van der Waals surface area (Å²) >= 11 is 0. The maximum atomic E-state index is 9.23. The van der Waals surface area contributed by atoms with E-state index < -0.39 is 23.0 Å². The van der Waals surface area contributed by atoms with Gasteiger partial charge in [0.15, 0.2) is 0 Å². The Morgan fingerprint density at radius 1 is 1.06 bits per heavy atom. The third-order valence-electron chi connectivity index (χ3n) is 3.42. The van der Waals surface area contributed by atoms with Crippen molar-refractivity contribution in [3.05, 3.63) is 23.8 Å². The first kappa shape index (κ1) is 11.9. The van der Waals surface area contributed by atoms with E-state index in [1.807, 2.05) is 12.1 Å². The molecular formula is C13H8N4O. The molecule has 1 heterocycles. The molecule has 0 aromatic rings. The molecule has 0 radical (unpaired) electrons. The van der Waals surface area contributed by atoms with E-state index in [4.69, 9.17) is 4.74 Å². The fourth-order valence-electron chi connectivity index (χ4n) is 2.58. The summed E-state index contributed by atoms with van der Waals surface area (Å²) in [6.45, 7) is 1.76. The summed E-state index contributed by atoms with van der Waals surface area (Å²) in [7, 11) is 0. The number of ether oxygens (including phenoxy) is 1. The van der Waals surface area contributed by atoms with Crippen LogP contribution in [0.15, 0.2) is 23.8 Å². The number of hydrogen-bond donors (Lipinski definition) is 0. The molecule has 0 aromatic carbocycles. The van der Waals surface area contributed by atoms with Gasteiger partial charge in [0.2, 0.25) is 0 Å². The van der Waals surface area contributed by atoms with E-state index in [2.05, 4.69) is 0 Å². The summed E-state index contributed by atoms with van der Waals surface area (Å²) in [6.07, 6.45) is 5.13. The van der Waals surface area contributed by atoms with Gasteiger partial charge in [0.25, 0.3) is 11.2 Å². The molecule has 0 saturated carbocycles. The zero-order chi connectivity index (χ0) is 13.4. The number of nitriles is 4. The summed E-state index contributed by atoms with van der Waals surface area (Å²) < 4.78 is 5.31. The van der Waals surface area contributed by atoms with Crippen LogP contribution < -0.4 is 0 Å². The summed E-state index contributed by atoms with van der Waals surface area (Å²) in [6, 6.07) is 7.25. The van der Waals surface area contributed by atoms with Crippen LogP contribution in [-0.2, 0) is 4.74 Å². The second-order valence-electron chi connectivity index (χ2n) is 4.32. The summed E-state index contributed by atoms with van der Waals surface area (Å²) in [5, 5.41) is 36.8. The fraction of sp³-hybridized carbons (Fsp3) is 0.385. The van der Waals surface area contributed by atoms with Gasteiger partial charge in [-0.3, -0.25) is 0 Å². The van der Waals surface area contributed by atoms with E-state index in [9.17, 15) is 21.0 Å². The van der Waals surface area contributed by atoms with Gasteiger partial charge in [-0.05, 0) is 6.92 Å². The van der Waals surface area contributed by atoms with Crippen LogP contribution in [-0.4, -0.2) is 11.2 Å². The maximum absolute atomic E-state index is 9.23. The minimum atomic E-state index is -1.78. The number of nitrogens with zero attached hydrogens (tertiary/aromatic N) is 4. The molecule has 5 nitrogen and oxygen atoms in total. The van der Waals surface area contributed by atoms with Crippen molar-refractivity contribution in [1.82, 2.24) is 0 Å². The molecule has 1 aliphatic heterocycles. The Labute approximate surface area is 104 Å². The average molecular weight is 236 g/mol. The van der Waals surface area contributed by atoms with Crippen LogP contribution in [0.2, 0.25) is 0 Å². The lowest BCUT2D eigenvalue weighted by molar-refractivity contribution is 0.00964. The monoisotopic (exact) mass is 236 g/mol. The van der Waals surface area contributed by atoms with Gasteiger partial charge in [-0.1, -0.05) is 23.8 Å². The Bertz CT molecular complexity index is 589. The van der Waals surface area contributed by atoms with E-state index in [-0.39, 0.29) is 0 Å². The summed E-state index contributed by atoms with van der Waals surface area (Å²) in [5.41, 5.74) is -2.79.